The highest BCUT2D eigenvalue weighted by molar-refractivity contribution is 7.79. The number of ether oxygens (including phenoxy) is 1. The molecular formula is C10H18N2O2S. The van der Waals surface area contributed by atoms with Crippen molar-refractivity contribution < 1.29 is 9.53 Å². The van der Waals surface area contributed by atoms with Crippen LogP contribution in [0.25, 0.3) is 0 Å². The lowest BCUT2D eigenvalue weighted by Gasteiger charge is -2.05. The quantitative estimate of drug-likeness (QED) is 0.460. The van der Waals surface area contributed by atoms with Crippen LogP contribution in [-0.4, -0.2) is 23.5 Å². The van der Waals surface area contributed by atoms with Gasteiger partial charge in [0.15, 0.2) is 0 Å². The second-order valence-corrected chi connectivity index (χ2v) is 2.91. The monoisotopic (exact) mass is 230 g/mol. The summed E-state index contributed by atoms with van der Waals surface area (Å²) in [5.74, 6) is 5.29. The summed E-state index contributed by atoms with van der Waals surface area (Å²) in [5, 5.41) is 0. The van der Waals surface area contributed by atoms with Gasteiger partial charge in [-0.1, -0.05) is 0 Å². The molecule has 0 bridgehead atoms. The van der Waals surface area contributed by atoms with Gasteiger partial charge in [-0.15, -0.1) is 0 Å². The smallest absolute Gasteiger partial charge is 0.357 e. The zero-order valence-electron chi connectivity index (χ0n) is 9.57. The number of carbonyl (C=O) groups is 1. The van der Waals surface area contributed by atoms with Gasteiger partial charge in [0.25, 0.3) is 0 Å². The van der Waals surface area contributed by atoms with Crippen molar-refractivity contribution in [3.05, 3.63) is 23.0 Å². The first-order valence-corrected chi connectivity index (χ1v) is 5.53. The molecule has 0 spiro atoms. The lowest BCUT2D eigenvalue weighted by molar-refractivity contribution is 0.0515. The number of aryl methyl sites for hydroxylation is 2. The van der Waals surface area contributed by atoms with Crippen LogP contribution >= 0.6 is 12.6 Å². The minimum Gasteiger partial charge on any atom is -0.461 e. The second-order valence-electron chi connectivity index (χ2n) is 2.91. The standard InChI is InChI=1S/C9H14N2O2.CH4S/c1-4-13-9(12)8-6(2)5-7(3)11(8)10;1-2/h5H,4,10H2,1-3H3;2H,1H3. The second kappa shape index (κ2) is 6.40. The molecule has 86 valence electrons. The Bertz CT molecular complexity index is 334. The average molecular weight is 230 g/mol. The van der Waals surface area contributed by atoms with Gasteiger partial charge in [0.05, 0.1) is 6.61 Å². The fourth-order valence-corrected chi connectivity index (χ4v) is 1.28. The maximum Gasteiger partial charge on any atom is 0.357 e. The third-order valence-electron chi connectivity index (χ3n) is 1.89. The number of rotatable bonds is 2. The Hall–Kier alpha value is -1.10. The summed E-state index contributed by atoms with van der Waals surface area (Å²) in [4.78, 5) is 11.4. The Labute approximate surface area is 95.8 Å². The predicted molar refractivity (Wildman–Crippen MR) is 64.9 cm³/mol. The van der Waals surface area contributed by atoms with Crippen LogP contribution in [0.2, 0.25) is 0 Å². The van der Waals surface area contributed by atoms with E-state index in [9.17, 15) is 4.79 Å². The fourth-order valence-electron chi connectivity index (χ4n) is 1.28. The number of nitrogen functional groups attached to an aromatic ring is 1. The molecule has 1 aromatic rings. The van der Waals surface area contributed by atoms with E-state index in [-0.39, 0.29) is 5.97 Å². The zero-order valence-corrected chi connectivity index (χ0v) is 10.5. The highest BCUT2D eigenvalue weighted by atomic mass is 32.1. The molecule has 0 saturated heterocycles. The van der Waals surface area contributed by atoms with E-state index in [1.807, 2.05) is 19.9 Å². The first-order chi connectivity index (χ1) is 7.07. The molecule has 1 rings (SSSR count). The van der Waals surface area contributed by atoms with Crippen LogP contribution < -0.4 is 5.84 Å². The van der Waals surface area contributed by atoms with Crippen molar-refractivity contribution in [3.8, 4) is 0 Å². The van der Waals surface area contributed by atoms with Gasteiger partial charge in [-0.3, -0.25) is 4.68 Å². The van der Waals surface area contributed by atoms with E-state index in [4.69, 9.17) is 10.6 Å². The highest BCUT2D eigenvalue weighted by Crippen LogP contribution is 2.12. The van der Waals surface area contributed by atoms with Crippen LogP contribution in [-0.2, 0) is 4.74 Å². The lowest BCUT2D eigenvalue weighted by atomic mass is 10.2. The van der Waals surface area contributed by atoms with E-state index < -0.39 is 0 Å². The molecule has 1 heterocycles. The number of carbonyl (C=O) groups excluding carboxylic acids is 1. The number of esters is 1. The highest BCUT2D eigenvalue weighted by Gasteiger charge is 2.16. The van der Waals surface area contributed by atoms with E-state index in [0.29, 0.717) is 12.3 Å². The topological polar surface area (TPSA) is 57.2 Å². The normalized spacial score (nSPS) is 9.13. The molecule has 0 radical (unpaired) electrons. The SMILES string of the molecule is CCOC(=O)c1c(C)cc(C)n1N.CS. The predicted octanol–water partition coefficient (Wildman–Crippen LogP) is 1.54. The minimum atomic E-state index is -0.365. The molecule has 0 amide bonds. The summed E-state index contributed by atoms with van der Waals surface area (Å²) in [6, 6.07) is 1.85. The molecule has 0 aliphatic carbocycles. The van der Waals surface area contributed by atoms with Gasteiger partial charge in [-0.25, -0.2) is 4.79 Å². The van der Waals surface area contributed by atoms with Crippen LogP contribution in [0.1, 0.15) is 28.7 Å². The van der Waals surface area contributed by atoms with Crippen molar-refractivity contribution in [2.24, 2.45) is 0 Å². The van der Waals surface area contributed by atoms with E-state index in [0.717, 1.165) is 11.3 Å². The minimum absolute atomic E-state index is 0.364. The van der Waals surface area contributed by atoms with E-state index >= 15 is 0 Å². The summed E-state index contributed by atoms with van der Waals surface area (Å²) in [7, 11) is 0. The molecular weight excluding hydrogens is 212 g/mol. The molecule has 5 heteroatoms. The third-order valence-corrected chi connectivity index (χ3v) is 1.89. The van der Waals surface area contributed by atoms with Crippen molar-refractivity contribution >= 4 is 18.6 Å². The Morgan fingerprint density at radius 1 is 1.53 bits per heavy atom. The van der Waals surface area contributed by atoms with Gasteiger partial charge in [0.2, 0.25) is 0 Å². The van der Waals surface area contributed by atoms with Gasteiger partial charge < -0.3 is 10.6 Å². The molecule has 0 saturated carbocycles. The first-order valence-electron chi connectivity index (χ1n) is 4.63. The van der Waals surface area contributed by atoms with Crippen molar-refractivity contribution in [1.29, 1.82) is 0 Å². The molecule has 15 heavy (non-hydrogen) atoms. The number of nitrogens with two attached hydrogens (primary N) is 1. The van der Waals surface area contributed by atoms with Gasteiger partial charge in [-0.05, 0) is 38.7 Å². The number of nitrogens with zero attached hydrogens (tertiary/aromatic N) is 1. The lowest BCUT2D eigenvalue weighted by Crippen LogP contribution is -2.19. The number of aromatic nitrogens is 1. The van der Waals surface area contributed by atoms with E-state index in [1.54, 1.807) is 13.2 Å². The van der Waals surface area contributed by atoms with Gasteiger partial charge >= 0.3 is 5.97 Å². The largest absolute Gasteiger partial charge is 0.461 e. The van der Waals surface area contributed by atoms with Crippen molar-refractivity contribution in [2.45, 2.75) is 20.8 Å². The van der Waals surface area contributed by atoms with Crippen LogP contribution in [0.3, 0.4) is 0 Å². The van der Waals surface area contributed by atoms with Gasteiger partial charge in [-0.2, -0.15) is 12.6 Å². The summed E-state index contributed by atoms with van der Waals surface area (Å²) in [6.45, 7) is 5.81. The molecule has 2 N–H and O–H groups in total. The Balaban J connectivity index is 0.000000921. The molecule has 0 aliphatic heterocycles. The Morgan fingerprint density at radius 3 is 2.40 bits per heavy atom. The summed E-state index contributed by atoms with van der Waals surface area (Å²) in [6.07, 6.45) is 1.69. The summed E-state index contributed by atoms with van der Waals surface area (Å²) < 4.78 is 6.22. The fraction of sp³-hybridized carbons (Fsp3) is 0.500. The van der Waals surface area contributed by atoms with Crippen LogP contribution in [0.15, 0.2) is 6.07 Å². The number of thiol groups is 1. The maximum atomic E-state index is 11.4. The van der Waals surface area contributed by atoms with E-state index in [1.165, 1.54) is 4.68 Å². The number of hydrogen-bond donors (Lipinski definition) is 2. The molecule has 0 aliphatic rings. The molecule has 0 unspecified atom stereocenters. The van der Waals surface area contributed by atoms with Crippen molar-refractivity contribution in [2.75, 3.05) is 18.7 Å². The zero-order chi connectivity index (χ0) is 12.0. The Kier molecular flexibility index (Phi) is 5.93. The summed E-state index contributed by atoms with van der Waals surface area (Å²) in [5.41, 5.74) is 2.12. The van der Waals surface area contributed by atoms with Crippen molar-refractivity contribution in [3.63, 3.8) is 0 Å². The molecule has 0 aromatic carbocycles. The molecule has 4 nitrogen and oxygen atoms in total. The molecule has 0 atom stereocenters. The number of hydrogen-bond acceptors (Lipinski definition) is 4. The third kappa shape index (κ3) is 3.20. The van der Waals surface area contributed by atoms with E-state index in [2.05, 4.69) is 12.6 Å². The van der Waals surface area contributed by atoms with Gasteiger partial charge in [0, 0.05) is 5.69 Å². The van der Waals surface area contributed by atoms with Crippen molar-refractivity contribution in [1.82, 2.24) is 4.68 Å². The average Bonchev–Trinajstić information content (AvgIpc) is 2.45. The molecule has 0 fully saturated rings. The maximum absolute atomic E-state index is 11.4. The summed E-state index contributed by atoms with van der Waals surface area (Å²) >= 11 is 3.53. The van der Waals surface area contributed by atoms with Crippen LogP contribution in [0.4, 0.5) is 0 Å². The van der Waals surface area contributed by atoms with Gasteiger partial charge in [0.1, 0.15) is 5.69 Å². The first kappa shape index (κ1) is 13.9. The Morgan fingerprint density at radius 2 is 2.07 bits per heavy atom. The van der Waals surface area contributed by atoms with Crippen LogP contribution in [0.5, 0.6) is 0 Å². The van der Waals surface area contributed by atoms with Crippen LogP contribution in [0, 0.1) is 13.8 Å². The molecule has 1 aromatic heterocycles.